The third kappa shape index (κ3) is 3.59. The van der Waals surface area contributed by atoms with Crippen LogP contribution in [0.4, 0.5) is 0 Å². The Hall–Kier alpha value is -1.37. The van der Waals surface area contributed by atoms with Crippen molar-refractivity contribution in [1.82, 2.24) is 10.3 Å². The zero-order valence-electron chi connectivity index (χ0n) is 13.2. The molecule has 0 radical (unpaired) electrons. The van der Waals surface area contributed by atoms with Crippen LogP contribution in [0.2, 0.25) is 0 Å². The summed E-state index contributed by atoms with van der Waals surface area (Å²) in [6, 6.07) is 5.83. The molecule has 0 fully saturated rings. The molecule has 1 N–H and O–H groups in total. The van der Waals surface area contributed by atoms with Crippen LogP contribution < -0.4 is 5.32 Å². The number of carbonyl (C=O) groups excluding carboxylic acids is 1. The lowest BCUT2D eigenvalue weighted by Gasteiger charge is -2.29. The first-order chi connectivity index (χ1) is 11.2. The zero-order chi connectivity index (χ0) is 16.2. The second-order valence-corrected chi connectivity index (χ2v) is 7.41. The van der Waals surface area contributed by atoms with Crippen molar-refractivity contribution in [2.45, 2.75) is 31.2 Å². The van der Waals surface area contributed by atoms with Gasteiger partial charge in [-0.3, -0.25) is 9.78 Å². The Kier molecular flexibility index (Phi) is 5.35. The summed E-state index contributed by atoms with van der Waals surface area (Å²) >= 11 is 3.44. The van der Waals surface area contributed by atoms with Gasteiger partial charge in [0.05, 0.1) is 12.6 Å². The second-order valence-electron chi connectivity index (χ2n) is 5.55. The predicted molar refractivity (Wildman–Crippen MR) is 95.1 cm³/mol. The number of aromatic nitrogens is 1. The third-order valence-corrected chi connectivity index (χ3v) is 5.53. The number of hydrogen-bond acceptors (Lipinski definition) is 5. The molecule has 2 aromatic heterocycles. The molecule has 2 aromatic rings. The van der Waals surface area contributed by atoms with Crippen molar-refractivity contribution in [2.75, 3.05) is 12.9 Å². The molecule has 4 nitrogen and oxygen atoms in total. The minimum absolute atomic E-state index is 0.0818. The molecule has 0 saturated carbocycles. The van der Waals surface area contributed by atoms with Gasteiger partial charge in [-0.25, -0.2) is 0 Å². The maximum atomic E-state index is 12.6. The van der Waals surface area contributed by atoms with Gasteiger partial charge in [0.2, 0.25) is 0 Å². The van der Waals surface area contributed by atoms with E-state index in [1.54, 1.807) is 29.3 Å². The minimum Gasteiger partial charge on any atom is -0.371 e. The van der Waals surface area contributed by atoms with E-state index in [-0.39, 0.29) is 18.1 Å². The standard InChI is InChI=1S/C17H20N2O2S2/c1-11(16-13-6-9-23-14(13)5-8-21-16)19-17(20)15-12(10-22-2)4-3-7-18-15/h3-4,6-7,9,11,16H,5,8,10H2,1-2H3,(H,19,20). The van der Waals surface area contributed by atoms with E-state index in [1.165, 1.54) is 10.4 Å². The molecule has 2 unspecified atom stereocenters. The van der Waals surface area contributed by atoms with Crippen molar-refractivity contribution in [2.24, 2.45) is 0 Å². The quantitative estimate of drug-likeness (QED) is 0.899. The number of hydrogen-bond donors (Lipinski definition) is 1. The molecule has 3 rings (SSSR count). The van der Waals surface area contributed by atoms with Gasteiger partial charge in [-0.05, 0) is 41.8 Å². The van der Waals surface area contributed by atoms with Gasteiger partial charge in [0.25, 0.3) is 5.91 Å². The summed E-state index contributed by atoms with van der Waals surface area (Å²) in [6.07, 6.45) is 4.56. The van der Waals surface area contributed by atoms with Crippen LogP contribution in [-0.4, -0.2) is 29.8 Å². The molecule has 0 aromatic carbocycles. The molecular formula is C17H20N2O2S2. The van der Waals surface area contributed by atoms with E-state index in [0.717, 1.165) is 17.7 Å². The predicted octanol–water partition coefficient (Wildman–Crippen LogP) is 3.44. The SMILES string of the molecule is CSCc1cccnc1C(=O)NC(C)C1OCCc2sccc21. The van der Waals surface area contributed by atoms with Gasteiger partial charge < -0.3 is 10.1 Å². The Bertz CT molecular complexity index is 687. The first kappa shape index (κ1) is 16.5. The number of thioether (sulfide) groups is 1. The van der Waals surface area contributed by atoms with Crippen LogP contribution in [0.5, 0.6) is 0 Å². The molecule has 3 heterocycles. The van der Waals surface area contributed by atoms with E-state index in [1.807, 2.05) is 25.3 Å². The number of carbonyl (C=O) groups is 1. The van der Waals surface area contributed by atoms with E-state index in [2.05, 4.69) is 21.7 Å². The van der Waals surface area contributed by atoms with Gasteiger partial charge in [-0.1, -0.05) is 6.07 Å². The molecule has 1 aliphatic rings. The monoisotopic (exact) mass is 348 g/mol. The van der Waals surface area contributed by atoms with Crippen molar-refractivity contribution >= 4 is 29.0 Å². The van der Waals surface area contributed by atoms with Gasteiger partial charge >= 0.3 is 0 Å². The van der Waals surface area contributed by atoms with Gasteiger partial charge in [0, 0.05) is 23.2 Å². The summed E-state index contributed by atoms with van der Waals surface area (Å²) in [4.78, 5) is 18.2. The number of rotatable bonds is 5. The van der Waals surface area contributed by atoms with Crippen LogP contribution in [0, 0.1) is 0 Å². The Balaban J connectivity index is 1.74. The van der Waals surface area contributed by atoms with Crippen LogP contribution in [0.3, 0.4) is 0 Å². The van der Waals surface area contributed by atoms with E-state index in [0.29, 0.717) is 12.3 Å². The smallest absolute Gasteiger partial charge is 0.270 e. The molecule has 2 atom stereocenters. The molecule has 0 saturated heterocycles. The van der Waals surface area contributed by atoms with Crippen molar-refractivity contribution in [3.8, 4) is 0 Å². The van der Waals surface area contributed by atoms with E-state index >= 15 is 0 Å². The summed E-state index contributed by atoms with van der Waals surface area (Å²) in [7, 11) is 0. The highest BCUT2D eigenvalue weighted by Gasteiger charge is 2.28. The molecule has 6 heteroatoms. The summed E-state index contributed by atoms with van der Waals surface area (Å²) in [5.74, 6) is 0.646. The van der Waals surface area contributed by atoms with Crippen molar-refractivity contribution in [3.05, 3.63) is 51.5 Å². The zero-order valence-corrected chi connectivity index (χ0v) is 14.9. The molecule has 1 amide bonds. The molecular weight excluding hydrogens is 328 g/mol. The Morgan fingerprint density at radius 1 is 1.57 bits per heavy atom. The maximum Gasteiger partial charge on any atom is 0.270 e. The Labute approximate surface area is 144 Å². The van der Waals surface area contributed by atoms with Crippen LogP contribution in [0.1, 0.15) is 39.5 Å². The lowest BCUT2D eigenvalue weighted by molar-refractivity contribution is 0.0205. The second kappa shape index (κ2) is 7.47. The number of nitrogens with one attached hydrogen (secondary N) is 1. The van der Waals surface area contributed by atoms with Crippen LogP contribution in [0.15, 0.2) is 29.8 Å². The topological polar surface area (TPSA) is 51.2 Å². The molecule has 0 aliphatic carbocycles. The first-order valence-corrected chi connectivity index (χ1v) is 9.89. The number of thiophene rings is 1. The number of pyridine rings is 1. The van der Waals surface area contributed by atoms with Crippen molar-refractivity contribution in [1.29, 1.82) is 0 Å². The number of nitrogens with zero attached hydrogens (tertiary/aromatic N) is 1. The van der Waals surface area contributed by atoms with Gasteiger partial charge in [0.1, 0.15) is 11.8 Å². The fraction of sp³-hybridized carbons (Fsp3) is 0.412. The van der Waals surface area contributed by atoms with Gasteiger partial charge in [0.15, 0.2) is 0 Å². The highest BCUT2D eigenvalue weighted by Crippen LogP contribution is 2.33. The van der Waals surface area contributed by atoms with Crippen LogP contribution in [-0.2, 0) is 16.9 Å². The molecule has 0 bridgehead atoms. The summed E-state index contributed by atoms with van der Waals surface area (Å²) in [6.45, 7) is 2.70. The van der Waals surface area contributed by atoms with Crippen LogP contribution >= 0.6 is 23.1 Å². The first-order valence-electron chi connectivity index (χ1n) is 7.62. The fourth-order valence-corrected chi connectivity index (χ4v) is 4.30. The van der Waals surface area contributed by atoms with Crippen molar-refractivity contribution < 1.29 is 9.53 Å². The van der Waals surface area contributed by atoms with E-state index < -0.39 is 0 Å². The Morgan fingerprint density at radius 2 is 2.43 bits per heavy atom. The summed E-state index contributed by atoms with van der Waals surface area (Å²) < 4.78 is 5.91. The number of fused-ring (bicyclic) bond motifs is 1. The number of ether oxygens (including phenoxy) is 1. The van der Waals surface area contributed by atoms with Crippen molar-refractivity contribution in [3.63, 3.8) is 0 Å². The normalized spacial score (nSPS) is 18.3. The average Bonchev–Trinajstić information content (AvgIpc) is 3.04. The molecule has 1 aliphatic heterocycles. The van der Waals surface area contributed by atoms with E-state index in [4.69, 9.17) is 4.74 Å². The Morgan fingerprint density at radius 3 is 3.26 bits per heavy atom. The molecule has 122 valence electrons. The highest BCUT2D eigenvalue weighted by atomic mass is 32.2. The lowest BCUT2D eigenvalue weighted by atomic mass is 10.0. The lowest BCUT2D eigenvalue weighted by Crippen LogP contribution is -2.40. The number of amides is 1. The molecule has 23 heavy (non-hydrogen) atoms. The summed E-state index contributed by atoms with van der Waals surface area (Å²) in [5, 5.41) is 5.16. The van der Waals surface area contributed by atoms with Gasteiger partial charge in [-0.2, -0.15) is 11.8 Å². The van der Waals surface area contributed by atoms with E-state index in [9.17, 15) is 4.79 Å². The minimum atomic E-state index is -0.131. The largest absolute Gasteiger partial charge is 0.371 e. The third-order valence-electron chi connectivity index (χ3n) is 3.93. The fourth-order valence-electron chi connectivity index (χ4n) is 2.86. The maximum absolute atomic E-state index is 12.6. The van der Waals surface area contributed by atoms with Gasteiger partial charge in [-0.15, -0.1) is 11.3 Å². The van der Waals surface area contributed by atoms with Crippen LogP contribution in [0.25, 0.3) is 0 Å². The summed E-state index contributed by atoms with van der Waals surface area (Å²) in [5.41, 5.74) is 2.68. The highest BCUT2D eigenvalue weighted by molar-refractivity contribution is 7.97. The average molecular weight is 348 g/mol. The molecule has 0 spiro atoms.